The van der Waals surface area contributed by atoms with Crippen LogP contribution >= 0.6 is 0 Å². The molecule has 0 saturated carbocycles. The molecule has 0 aromatic carbocycles. The quantitative estimate of drug-likeness (QED) is 0.696. The summed E-state index contributed by atoms with van der Waals surface area (Å²) >= 11 is 0. The summed E-state index contributed by atoms with van der Waals surface area (Å²) in [6, 6.07) is 4.11. The van der Waals surface area contributed by atoms with Gasteiger partial charge in [0.2, 0.25) is 0 Å². The average molecular weight is 189 g/mol. The summed E-state index contributed by atoms with van der Waals surface area (Å²) in [7, 11) is 0. The summed E-state index contributed by atoms with van der Waals surface area (Å²) in [5, 5.41) is 14.9. The molecule has 1 aliphatic heterocycles. The Labute approximate surface area is 81.1 Å². The largest absolute Gasteiger partial charge is 0.316 e. The monoisotopic (exact) mass is 189 g/mol. The van der Waals surface area contributed by atoms with Crippen molar-refractivity contribution >= 4 is 5.65 Å². The zero-order valence-corrected chi connectivity index (χ0v) is 7.72. The van der Waals surface area contributed by atoms with E-state index in [1.807, 2.05) is 12.3 Å². The maximum absolute atomic E-state index is 4.04. The van der Waals surface area contributed by atoms with Gasteiger partial charge in [-0.15, -0.1) is 5.10 Å². The zero-order chi connectivity index (χ0) is 9.38. The minimum atomic E-state index is 0.560. The molecule has 0 aliphatic carbocycles. The fraction of sp³-hybridized carbons (Fsp3) is 0.444. The maximum Gasteiger partial charge on any atom is 0.182 e. The van der Waals surface area contributed by atoms with Crippen molar-refractivity contribution in [3.63, 3.8) is 0 Å². The second-order valence-electron chi connectivity index (χ2n) is 3.60. The van der Waals surface area contributed by atoms with Crippen molar-refractivity contribution in [2.45, 2.75) is 12.3 Å². The predicted molar refractivity (Wildman–Crippen MR) is 51.0 cm³/mol. The van der Waals surface area contributed by atoms with E-state index < -0.39 is 0 Å². The van der Waals surface area contributed by atoms with Crippen LogP contribution in [0.5, 0.6) is 0 Å². The van der Waals surface area contributed by atoms with Crippen LogP contribution in [0.25, 0.3) is 5.65 Å². The summed E-state index contributed by atoms with van der Waals surface area (Å²) in [5.74, 6) is 0.560. The smallest absolute Gasteiger partial charge is 0.182 e. The highest BCUT2D eigenvalue weighted by Crippen LogP contribution is 2.24. The lowest BCUT2D eigenvalue weighted by molar-refractivity contribution is 0.759. The lowest BCUT2D eigenvalue weighted by Gasteiger charge is -2.07. The third kappa shape index (κ3) is 1.09. The minimum Gasteiger partial charge on any atom is -0.316 e. The van der Waals surface area contributed by atoms with E-state index in [0.717, 1.165) is 18.7 Å². The van der Waals surface area contributed by atoms with Gasteiger partial charge in [-0.2, -0.15) is 0 Å². The van der Waals surface area contributed by atoms with Crippen LogP contribution in [0.3, 0.4) is 0 Å². The van der Waals surface area contributed by atoms with Crippen molar-refractivity contribution in [3.05, 3.63) is 23.9 Å². The molecule has 2 aromatic heterocycles. The normalized spacial score (nSPS) is 21.9. The van der Waals surface area contributed by atoms with Gasteiger partial charge in [0.1, 0.15) is 0 Å². The van der Waals surface area contributed by atoms with Crippen LogP contribution in [0.1, 0.15) is 17.9 Å². The molecule has 5 heteroatoms. The van der Waals surface area contributed by atoms with Gasteiger partial charge in [0.15, 0.2) is 5.65 Å². The molecular formula is C9H11N5. The molecule has 1 unspecified atom stereocenters. The molecule has 72 valence electrons. The number of pyridine rings is 1. The Bertz CT molecular complexity index is 443. The number of tetrazole rings is 1. The first kappa shape index (κ1) is 7.87. The Morgan fingerprint density at radius 2 is 2.50 bits per heavy atom. The van der Waals surface area contributed by atoms with Gasteiger partial charge in [0.25, 0.3) is 0 Å². The molecule has 0 bridgehead atoms. The van der Waals surface area contributed by atoms with E-state index in [-0.39, 0.29) is 0 Å². The molecule has 14 heavy (non-hydrogen) atoms. The van der Waals surface area contributed by atoms with Gasteiger partial charge in [-0.25, -0.2) is 4.52 Å². The molecule has 1 aliphatic rings. The van der Waals surface area contributed by atoms with E-state index >= 15 is 0 Å². The first-order valence-electron chi connectivity index (χ1n) is 4.82. The van der Waals surface area contributed by atoms with E-state index in [1.165, 1.54) is 12.0 Å². The average Bonchev–Trinajstić information content (AvgIpc) is 2.88. The third-order valence-electron chi connectivity index (χ3n) is 2.75. The second kappa shape index (κ2) is 3.02. The number of nitrogens with zero attached hydrogens (tertiary/aromatic N) is 4. The van der Waals surface area contributed by atoms with Crippen molar-refractivity contribution in [2.24, 2.45) is 0 Å². The van der Waals surface area contributed by atoms with Gasteiger partial charge in [-0.1, -0.05) is 6.07 Å². The summed E-state index contributed by atoms with van der Waals surface area (Å²) in [6.45, 7) is 2.12. The summed E-state index contributed by atoms with van der Waals surface area (Å²) in [5.41, 5.74) is 2.14. The highest BCUT2D eigenvalue weighted by atomic mass is 15.5. The molecule has 3 rings (SSSR count). The summed E-state index contributed by atoms with van der Waals surface area (Å²) in [6.07, 6.45) is 3.05. The van der Waals surface area contributed by atoms with Gasteiger partial charge in [0.05, 0.1) is 0 Å². The molecule has 1 N–H and O–H groups in total. The van der Waals surface area contributed by atoms with E-state index in [9.17, 15) is 0 Å². The van der Waals surface area contributed by atoms with Crippen LogP contribution in [0.15, 0.2) is 18.3 Å². The van der Waals surface area contributed by atoms with Crippen LogP contribution in [0, 0.1) is 0 Å². The van der Waals surface area contributed by atoms with Crippen molar-refractivity contribution in [2.75, 3.05) is 13.1 Å². The van der Waals surface area contributed by atoms with Crippen molar-refractivity contribution in [1.29, 1.82) is 0 Å². The van der Waals surface area contributed by atoms with Gasteiger partial charge >= 0.3 is 0 Å². The molecule has 5 nitrogen and oxygen atoms in total. The molecule has 1 atom stereocenters. The Kier molecular flexibility index (Phi) is 1.70. The maximum atomic E-state index is 4.04. The molecule has 1 saturated heterocycles. The van der Waals surface area contributed by atoms with Crippen LogP contribution in [-0.4, -0.2) is 33.1 Å². The lowest BCUT2D eigenvalue weighted by Crippen LogP contribution is -2.08. The van der Waals surface area contributed by atoms with Crippen LogP contribution in [0.4, 0.5) is 0 Å². The van der Waals surface area contributed by atoms with Gasteiger partial charge in [-0.05, 0) is 29.5 Å². The van der Waals surface area contributed by atoms with Crippen LogP contribution in [0.2, 0.25) is 0 Å². The van der Waals surface area contributed by atoms with E-state index in [0.29, 0.717) is 5.92 Å². The number of hydrogen-bond donors (Lipinski definition) is 1. The highest BCUT2D eigenvalue weighted by molar-refractivity contribution is 5.47. The Hall–Kier alpha value is -1.49. The zero-order valence-electron chi connectivity index (χ0n) is 7.72. The molecule has 0 spiro atoms. The van der Waals surface area contributed by atoms with Gasteiger partial charge in [-0.3, -0.25) is 0 Å². The van der Waals surface area contributed by atoms with Crippen molar-refractivity contribution in [1.82, 2.24) is 25.4 Å². The van der Waals surface area contributed by atoms with Crippen molar-refractivity contribution < 1.29 is 0 Å². The number of nitrogens with one attached hydrogen (secondary N) is 1. The summed E-state index contributed by atoms with van der Waals surface area (Å²) < 4.78 is 1.73. The Balaban J connectivity index is 2.14. The van der Waals surface area contributed by atoms with E-state index in [4.69, 9.17) is 0 Å². The van der Waals surface area contributed by atoms with Gasteiger partial charge < -0.3 is 5.32 Å². The molecule has 3 heterocycles. The Morgan fingerprint density at radius 1 is 1.50 bits per heavy atom. The van der Waals surface area contributed by atoms with Crippen LogP contribution in [-0.2, 0) is 0 Å². The van der Waals surface area contributed by atoms with Crippen LogP contribution < -0.4 is 5.32 Å². The molecule has 1 fully saturated rings. The van der Waals surface area contributed by atoms with E-state index in [2.05, 4.69) is 26.9 Å². The van der Waals surface area contributed by atoms with Crippen molar-refractivity contribution in [3.8, 4) is 0 Å². The SMILES string of the molecule is c1cc(C2CCNC2)c2nnnn2c1. The Morgan fingerprint density at radius 3 is 3.36 bits per heavy atom. The number of rotatable bonds is 1. The standard InChI is InChI=1S/C9H11N5/c1-2-8(7-3-4-10-6-7)9-11-12-13-14(9)5-1/h1-2,5,7,10H,3-4,6H2. The minimum absolute atomic E-state index is 0.560. The number of hydrogen-bond acceptors (Lipinski definition) is 4. The molecule has 0 radical (unpaired) electrons. The lowest BCUT2D eigenvalue weighted by atomic mass is 10.00. The second-order valence-corrected chi connectivity index (χ2v) is 3.60. The van der Waals surface area contributed by atoms with E-state index in [1.54, 1.807) is 4.52 Å². The first-order valence-corrected chi connectivity index (χ1v) is 4.82. The third-order valence-corrected chi connectivity index (χ3v) is 2.75. The first-order chi connectivity index (χ1) is 6.95. The number of fused-ring (bicyclic) bond motifs is 1. The fourth-order valence-electron chi connectivity index (χ4n) is 2.03. The summed E-state index contributed by atoms with van der Waals surface area (Å²) in [4.78, 5) is 0. The fourth-order valence-corrected chi connectivity index (χ4v) is 2.03. The highest BCUT2D eigenvalue weighted by Gasteiger charge is 2.19. The predicted octanol–water partition coefficient (Wildman–Crippen LogP) is 0.201. The molecule has 2 aromatic rings. The van der Waals surface area contributed by atoms with Gasteiger partial charge in [0, 0.05) is 24.2 Å². The number of aromatic nitrogens is 4. The molecule has 0 amide bonds. The topological polar surface area (TPSA) is 55.1 Å². The molecular weight excluding hydrogens is 178 g/mol.